The van der Waals surface area contributed by atoms with E-state index in [-0.39, 0.29) is 0 Å². The summed E-state index contributed by atoms with van der Waals surface area (Å²) in [7, 11) is 0. The van der Waals surface area contributed by atoms with Crippen molar-refractivity contribution in [3.8, 4) is 0 Å². The van der Waals surface area contributed by atoms with Crippen molar-refractivity contribution in [2.24, 2.45) is 11.8 Å². The largest absolute Gasteiger partial charge is 0.312 e. The number of likely N-dealkylation sites (tertiary alicyclic amines) is 1. The van der Waals surface area contributed by atoms with Gasteiger partial charge in [0.1, 0.15) is 0 Å². The molecule has 2 nitrogen and oxygen atoms in total. The minimum absolute atomic E-state index is 0.801. The zero-order valence-electron chi connectivity index (χ0n) is 13.6. The maximum Gasteiger partial charge on any atom is 0.0252 e. The van der Waals surface area contributed by atoms with Crippen molar-refractivity contribution in [3.05, 3.63) is 0 Å². The molecule has 0 amide bonds. The zero-order chi connectivity index (χ0) is 13.9. The third-order valence-corrected chi connectivity index (χ3v) is 6.25. The maximum atomic E-state index is 3.79. The lowest BCUT2D eigenvalue weighted by Gasteiger charge is -2.47. The molecule has 3 fully saturated rings. The molecule has 0 aromatic rings. The monoisotopic (exact) mass is 278 g/mol. The van der Waals surface area contributed by atoms with E-state index in [9.17, 15) is 0 Å². The molecule has 0 aromatic heterocycles. The van der Waals surface area contributed by atoms with Crippen LogP contribution in [0.4, 0.5) is 0 Å². The first-order valence-electron chi connectivity index (χ1n) is 9.25. The number of hydrogen-bond acceptors (Lipinski definition) is 2. The van der Waals surface area contributed by atoms with Gasteiger partial charge in [0, 0.05) is 18.1 Å². The minimum Gasteiger partial charge on any atom is -0.312 e. The highest BCUT2D eigenvalue weighted by Crippen LogP contribution is 2.36. The van der Waals surface area contributed by atoms with Gasteiger partial charge in [0.25, 0.3) is 0 Å². The summed E-state index contributed by atoms with van der Waals surface area (Å²) in [6.07, 6.45) is 13.0. The Hall–Kier alpha value is -0.0800. The van der Waals surface area contributed by atoms with Crippen molar-refractivity contribution in [3.63, 3.8) is 0 Å². The van der Waals surface area contributed by atoms with Crippen LogP contribution in [-0.4, -0.2) is 36.1 Å². The third kappa shape index (κ3) is 3.22. The van der Waals surface area contributed by atoms with E-state index in [1.807, 2.05) is 0 Å². The molecule has 3 aliphatic rings. The first-order valence-corrected chi connectivity index (χ1v) is 9.25. The molecule has 2 aliphatic heterocycles. The van der Waals surface area contributed by atoms with Crippen molar-refractivity contribution in [1.82, 2.24) is 10.2 Å². The molecule has 2 heteroatoms. The second-order valence-corrected chi connectivity index (χ2v) is 7.83. The summed E-state index contributed by atoms with van der Waals surface area (Å²) in [4.78, 5) is 2.95. The summed E-state index contributed by atoms with van der Waals surface area (Å²) in [6, 6.07) is 2.54. The number of rotatable bonds is 3. The van der Waals surface area contributed by atoms with E-state index in [0.29, 0.717) is 0 Å². The van der Waals surface area contributed by atoms with Crippen molar-refractivity contribution in [1.29, 1.82) is 0 Å². The average Bonchev–Trinajstić information content (AvgIpc) is 3.01. The fraction of sp³-hybridized carbons (Fsp3) is 1.00. The molecule has 2 saturated heterocycles. The predicted molar refractivity (Wildman–Crippen MR) is 86.0 cm³/mol. The highest BCUT2D eigenvalue weighted by Gasteiger charge is 2.37. The molecule has 0 spiro atoms. The second-order valence-electron chi connectivity index (χ2n) is 7.83. The van der Waals surface area contributed by atoms with Crippen LogP contribution in [0, 0.1) is 11.8 Å². The second kappa shape index (κ2) is 6.79. The number of nitrogens with zero attached hydrogens (tertiary/aromatic N) is 1. The standard InChI is InChI=1S/C18H34N2/c1-14(2)15-7-5-8-16(13-15)20-12-4-3-10-18(20)17-9-6-11-19-17/h14-19H,3-13H2,1-2H3. The van der Waals surface area contributed by atoms with Crippen LogP contribution >= 0.6 is 0 Å². The van der Waals surface area contributed by atoms with Crippen LogP contribution in [-0.2, 0) is 0 Å². The van der Waals surface area contributed by atoms with Gasteiger partial charge in [-0.25, -0.2) is 0 Å². The number of nitrogens with one attached hydrogen (secondary N) is 1. The maximum absolute atomic E-state index is 3.79. The number of hydrogen-bond donors (Lipinski definition) is 1. The summed E-state index contributed by atoms with van der Waals surface area (Å²) in [5, 5.41) is 3.79. The fourth-order valence-corrected chi connectivity index (χ4v) is 5.01. The molecule has 4 atom stereocenters. The van der Waals surface area contributed by atoms with Crippen LogP contribution in [0.3, 0.4) is 0 Å². The zero-order valence-corrected chi connectivity index (χ0v) is 13.6. The fourth-order valence-electron chi connectivity index (χ4n) is 5.01. The number of piperidine rings is 1. The van der Waals surface area contributed by atoms with Crippen LogP contribution in [0.5, 0.6) is 0 Å². The van der Waals surface area contributed by atoms with Gasteiger partial charge in [-0.2, -0.15) is 0 Å². The normalized spacial score (nSPS) is 40.4. The molecule has 0 radical (unpaired) electrons. The SMILES string of the molecule is CC(C)C1CCCC(N2CCCCC2C2CCCN2)C1. The van der Waals surface area contributed by atoms with Gasteiger partial charge in [0.05, 0.1) is 0 Å². The topological polar surface area (TPSA) is 15.3 Å². The minimum atomic E-state index is 0.801. The van der Waals surface area contributed by atoms with Gasteiger partial charge in [-0.05, 0) is 63.5 Å². The Morgan fingerprint density at radius 2 is 1.85 bits per heavy atom. The van der Waals surface area contributed by atoms with Crippen molar-refractivity contribution < 1.29 is 0 Å². The lowest BCUT2D eigenvalue weighted by atomic mass is 9.77. The van der Waals surface area contributed by atoms with Gasteiger partial charge in [-0.1, -0.05) is 33.1 Å². The first kappa shape index (κ1) is 14.8. The lowest BCUT2D eigenvalue weighted by Crippen LogP contribution is -2.55. The van der Waals surface area contributed by atoms with Crippen molar-refractivity contribution in [2.45, 2.75) is 89.8 Å². The molecule has 1 N–H and O–H groups in total. The van der Waals surface area contributed by atoms with Gasteiger partial charge in [0.2, 0.25) is 0 Å². The van der Waals surface area contributed by atoms with Crippen LogP contribution in [0.25, 0.3) is 0 Å². The Kier molecular flexibility index (Phi) is 5.04. The van der Waals surface area contributed by atoms with E-state index in [4.69, 9.17) is 0 Å². The summed E-state index contributed by atoms with van der Waals surface area (Å²) < 4.78 is 0. The van der Waals surface area contributed by atoms with Crippen LogP contribution in [0.15, 0.2) is 0 Å². The summed E-state index contributed by atoms with van der Waals surface area (Å²) in [6.45, 7) is 7.49. The van der Waals surface area contributed by atoms with Gasteiger partial charge in [-0.3, -0.25) is 4.90 Å². The quantitative estimate of drug-likeness (QED) is 0.844. The molecular formula is C18H34N2. The first-order chi connectivity index (χ1) is 9.75. The lowest BCUT2D eigenvalue weighted by molar-refractivity contribution is 0.0361. The van der Waals surface area contributed by atoms with Gasteiger partial charge >= 0.3 is 0 Å². The molecule has 0 bridgehead atoms. The van der Waals surface area contributed by atoms with Gasteiger partial charge in [0.15, 0.2) is 0 Å². The predicted octanol–water partition coefficient (Wildman–Crippen LogP) is 3.81. The molecule has 2 heterocycles. The van der Waals surface area contributed by atoms with Gasteiger partial charge < -0.3 is 5.32 Å². The summed E-state index contributed by atoms with van der Waals surface area (Å²) in [5.41, 5.74) is 0. The van der Waals surface area contributed by atoms with Gasteiger partial charge in [-0.15, -0.1) is 0 Å². The molecule has 116 valence electrons. The molecular weight excluding hydrogens is 244 g/mol. The average molecular weight is 278 g/mol. The highest BCUT2D eigenvalue weighted by atomic mass is 15.2. The Balaban J connectivity index is 1.65. The van der Waals surface area contributed by atoms with Crippen LogP contribution in [0.2, 0.25) is 0 Å². The van der Waals surface area contributed by atoms with E-state index in [1.165, 1.54) is 70.9 Å². The smallest absolute Gasteiger partial charge is 0.0252 e. The van der Waals surface area contributed by atoms with Crippen LogP contribution in [0.1, 0.15) is 71.6 Å². The Labute approximate surface area is 125 Å². The van der Waals surface area contributed by atoms with Crippen molar-refractivity contribution >= 4 is 0 Å². The highest BCUT2D eigenvalue weighted by molar-refractivity contribution is 4.94. The van der Waals surface area contributed by atoms with E-state index in [0.717, 1.165) is 30.0 Å². The molecule has 1 saturated carbocycles. The summed E-state index contributed by atoms with van der Waals surface area (Å²) in [5.74, 6) is 1.86. The van der Waals surface area contributed by atoms with E-state index < -0.39 is 0 Å². The van der Waals surface area contributed by atoms with Crippen LogP contribution < -0.4 is 5.32 Å². The van der Waals surface area contributed by atoms with E-state index in [2.05, 4.69) is 24.1 Å². The molecule has 4 unspecified atom stereocenters. The molecule has 3 rings (SSSR count). The van der Waals surface area contributed by atoms with E-state index >= 15 is 0 Å². The Morgan fingerprint density at radius 3 is 2.60 bits per heavy atom. The Morgan fingerprint density at radius 1 is 0.950 bits per heavy atom. The Bertz CT molecular complexity index is 296. The molecule has 1 aliphatic carbocycles. The third-order valence-electron chi connectivity index (χ3n) is 6.25. The summed E-state index contributed by atoms with van der Waals surface area (Å²) >= 11 is 0. The molecule has 20 heavy (non-hydrogen) atoms. The van der Waals surface area contributed by atoms with E-state index in [1.54, 1.807) is 0 Å². The van der Waals surface area contributed by atoms with Crippen molar-refractivity contribution in [2.75, 3.05) is 13.1 Å². The molecule has 0 aromatic carbocycles.